The SMILES string of the molecule is Cc1ccc(Br)cc1S(=O)(=O)N(Cc1ccccc1F)C1CC1. The van der Waals surface area contributed by atoms with E-state index < -0.39 is 10.0 Å². The van der Waals surface area contributed by atoms with Gasteiger partial charge in [-0.3, -0.25) is 0 Å². The number of sulfonamides is 1. The molecule has 0 atom stereocenters. The lowest BCUT2D eigenvalue weighted by Gasteiger charge is -2.23. The van der Waals surface area contributed by atoms with Crippen LogP contribution in [0.15, 0.2) is 51.8 Å². The van der Waals surface area contributed by atoms with Crippen molar-refractivity contribution in [2.75, 3.05) is 0 Å². The summed E-state index contributed by atoms with van der Waals surface area (Å²) in [6.45, 7) is 1.83. The van der Waals surface area contributed by atoms with Crippen LogP contribution in [0.2, 0.25) is 0 Å². The highest BCUT2D eigenvalue weighted by molar-refractivity contribution is 9.10. The summed E-state index contributed by atoms with van der Waals surface area (Å²) in [5, 5.41) is 0. The van der Waals surface area contributed by atoms with E-state index in [0.717, 1.165) is 12.8 Å². The van der Waals surface area contributed by atoms with Gasteiger partial charge in [0.05, 0.1) is 4.90 Å². The Morgan fingerprint density at radius 1 is 1.22 bits per heavy atom. The van der Waals surface area contributed by atoms with E-state index in [9.17, 15) is 12.8 Å². The zero-order valence-electron chi connectivity index (χ0n) is 12.7. The second-order valence-electron chi connectivity index (χ2n) is 5.78. The molecule has 0 saturated heterocycles. The minimum absolute atomic E-state index is 0.0435. The Morgan fingerprint density at radius 3 is 2.57 bits per heavy atom. The van der Waals surface area contributed by atoms with Gasteiger partial charge in [0.1, 0.15) is 5.82 Å². The van der Waals surface area contributed by atoms with E-state index in [1.165, 1.54) is 10.4 Å². The van der Waals surface area contributed by atoms with Gasteiger partial charge in [-0.15, -0.1) is 0 Å². The number of hydrogen-bond acceptors (Lipinski definition) is 2. The Bertz CT molecular complexity index is 834. The molecule has 122 valence electrons. The predicted molar refractivity (Wildman–Crippen MR) is 91.0 cm³/mol. The van der Waals surface area contributed by atoms with Gasteiger partial charge in [-0.1, -0.05) is 40.2 Å². The number of hydrogen-bond donors (Lipinski definition) is 0. The topological polar surface area (TPSA) is 37.4 Å². The minimum Gasteiger partial charge on any atom is -0.207 e. The van der Waals surface area contributed by atoms with Crippen LogP contribution in [0.4, 0.5) is 4.39 Å². The van der Waals surface area contributed by atoms with E-state index in [0.29, 0.717) is 15.6 Å². The number of rotatable bonds is 5. The van der Waals surface area contributed by atoms with Crippen molar-refractivity contribution in [2.45, 2.75) is 37.2 Å². The highest BCUT2D eigenvalue weighted by Crippen LogP contribution is 2.35. The third-order valence-corrected chi connectivity index (χ3v) is 6.51. The molecule has 0 aromatic heterocycles. The van der Waals surface area contributed by atoms with E-state index in [-0.39, 0.29) is 23.3 Å². The summed E-state index contributed by atoms with van der Waals surface area (Å²) in [6.07, 6.45) is 1.64. The van der Waals surface area contributed by atoms with Crippen LogP contribution < -0.4 is 0 Å². The molecule has 0 unspecified atom stereocenters. The first-order valence-electron chi connectivity index (χ1n) is 7.41. The maximum atomic E-state index is 13.9. The van der Waals surface area contributed by atoms with Gasteiger partial charge < -0.3 is 0 Å². The van der Waals surface area contributed by atoms with E-state index in [2.05, 4.69) is 15.9 Å². The summed E-state index contributed by atoms with van der Waals surface area (Å²) in [4.78, 5) is 0.273. The Hall–Kier alpha value is -1.24. The van der Waals surface area contributed by atoms with E-state index in [4.69, 9.17) is 0 Å². The molecule has 3 nitrogen and oxygen atoms in total. The standard InChI is InChI=1S/C17H17BrFNO2S/c1-12-6-7-14(18)10-17(12)23(21,22)20(15-8-9-15)11-13-4-2-3-5-16(13)19/h2-7,10,15H,8-9,11H2,1H3. The van der Waals surface area contributed by atoms with Crippen molar-refractivity contribution in [3.8, 4) is 0 Å². The molecule has 0 heterocycles. The molecule has 0 spiro atoms. The quantitative estimate of drug-likeness (QED) is 0.755. The Balaban J connectivity index is 2.00. The van der Waals surface area contributed by atoms with Crippen LogP contribution in [0.25, 0.3) is 0 Å². The molecule has 2 aromatic rings. The lowest BCUT2D eigenvalue weighted by molar-refractivity contribution is 0.391. The molecule has 1 aliphatic carbocycles. The molecule has 0 radical (unpaired) electrons. The van der Waals surface area contributed by atoms with Crippen molar-refractivity contribution in [2.24, 2.45) is 0 Å². The summed E-state index contributed by atoms with van der Waals surface area (Å²) in [5.41, 5.74) is 1.09. The predicted octanol–water partition coefficient (Wildman–Crippen LogP) is 4.25. The Labute approximate surface area is 144 Å². The van der Waals surface area contributed by atoms with Crippen molar-refractivity contribution in [3.05, 3.63) is 63.9 Å². The lowest BCUT2D eigenvalue weighted by Crippen LogP contribution is -2.33. The average molecular weight is 398 g/mol. The number of aryl methyl sites for hydroxylation is 1. The van der Waals surface area contributed by atoms with Crippen LogP contribution in [0.1, 0.15) is 24.0 Å². The zero-order valence-corrected chi connectivity index (χ0v) is 15.1. The van der Waals surface area contributed by atoms with Crippen molar-refractivity contribution in [1.82, 2.24) is 4.31 Å². The first-order valence-corrected chi connectivity index (χ1v) is 9.64. The van der Waals surface area contributed by atoms with Crippen LogP contribution in [-0.4, -0.2) is 18.8 Å². The van der Waals surface area contributed by atoms with Crippen LogP contribution in [0.3, 0.4) is 0 Å². The summed E-state index contributed by atoms with van der Waals surface area (Å²) in [6, 6.07) is 11.5. The summed E-state index contributed by atoms with van der Waals surface area (Å²) in [7, 11) is -3.67. The fraction of sp³-hybridized carbons (Fsp3) is 0.294. The minimum atomic E-state index is -3.67. The molecular formula is C17H17BrFNO2S. The molecule has 0 N–H and O–H groups in total. The molecule has 2 aromatic carbocycles. The van der Waals surface area contributed by atoms with Gasteiger partial charge in [-0.05, 0) is 43.5 Å². The average Bonchev–Trinajstić information content (AvgIpc) is 3.33. The Morgan fingerprint density at radius 2 is 1.91 bits per heavy atom. The highest BCUT2D eigenvalue weighted by Gasteiger charge is 2.39. The van der Waals surface area contributed by atoms with E-state index in [1.54, 1.807) is 37.3 Å². The number of benzene rings is 2. The van der Waals surface area contributed by atoms with Gasteiger partial charge in [-0.25, -0.2) is 12.8 Å². The summed E-state index contributed by atoms with van der Waals surface area (Å²) >= 11 is 3.33. The van der Waals surface area contributed by atoms with Crippen molar-refractivity contribution in [3.63, 3.8) is 0 Å². The van der Waals surface area contributed by atoms with E-state index >= 15 is 0 Å². The van der Waals surface area contributed by atoms with Crippen molar-refractivity contribution >= 4 is 26.0 Å². The third kappa shape index (κ3) is 3.49. The lowest BCUT2D eigenvalue weighted by atomic mass is 10.2. The van der Waals surface area contributed by atoms with Gasteiger partial charge in [0, 0.05) is 22.6 Å². The Kier molecular flexibility index (Phi) is 4.58. The van der Waals surface area contributed by atoms with Gasteiger partial charge in [0.25, 0.3) is 0 Å². The van der Waals surface area contributed by atoms with E-state index in [1.807, 2.05) is 6.07 Å². The molecule has 1 aliphatic rings. The molecule has 0 bridgehead atoms. The fourth-order valence-corrected chi connectivity index (χ4v) is 4.97. The third-order valence-electron chi connectivity index (χ3n) is 3.97. The largest absolute Gasteiger partial charge is 0.243 e. The molecule has 0 amide bonds. The van der Waals surface area contributed by atoms with Crippen LogP contribution >= 0.6 is 15.9 Å². The van der Waals surface area contributed by atoms with Gasteiger partial charge in [0.15, 0.2) is 0 Å². The maximum Gasteiger partial charge on any atom is 0.243 e. The molecule has 6 heteroatoms. The molecule has 23 heavy (non-hydrogen) atoms. The molecule has 3 rings (SSSR count). The fourth-order valence-electron chi connectivity index (χ4n) is 2.55. The van der Waals surface area contributed by atoms with Crippen molar-refractivity contribution in [1.29, 1.82) is 0 Å². The zero-order chi connectivity index (χ0) is 16.6. The highest BCUT2D eigenvalue weighted by atomic mass is 79.9. The van der Waals surface area contributed by atoms with Gasteiger partial charge >= 0.3 is 0 Å². The first kappa shape index (κ1) is 16.6. The second kappa shape index (κ2) is 6.34. The monoisotopic (exact) mass is 397 g/mol. The molecular weight excluding hydrogens is 381 g/mol. The maximum absolute atomic E-state index is 13.9. The van der Waals surface area contributed by atoms with Crippen LogP contribution in [-0.2, 0) is 16.6 Å². The molecule has 0 aliphatic heterocycles. The summed E-state index contributed by atoms with van der Waals surface area (Å²) < 4.78 is 42.3. The number of nitrogens with zero attached hydrogens (tertiary/aromatic N) is 1. The molecule has 1 saturated carbocycles. The number of halogens is 2. The normalized spacial score (nSPS) is 15.1. The summed E-state index contributed by atoms with van der Waals surface area (Å²) in [5.74, 6) is -0.376. The van der Waals surface area contributed by atoms with Crippen LogP contribution in [0, 0.1) is 12.7 Å². The van der Waals surface area contributed by atoms with Crippen LogP contribution in [0.5, 0.6) is 0 Å². The van der Waals surface area contributed by atoms with Gasteiger partial charge in [0.2, 0.25) is 10.0 Å². The van der Waals surface area contributed by atoms with Crippen molar-refractivity contribution < 1.29 is 12.8 Å². The molecule has 1 fully saturated rings. The first-order chi connectivity index (χ1) is 10.9. The smallest absolute Gasteiger partial charge is 0.207 e. The second-order valence-corrected chi connectivity index (χ2v) is 8.56. The van der Waals surface area contributed by atoms with Gasteiger partial charge in [-0.2, -0.15) is 4.31 Å².